The van der Waals surface area contributed by atoms with Gasteiger partial charge in [0.05, 0.1) is 0 Å². The van der Waals surface area contributed by atoms with E-state index in [-0.39, 0.29) is 5.82 Å². The summed E-state index contributed by atoms with van der Waals surface area (Å²) in [4.78, 5) is 6.90. The molecule has 0 amide bonds. The van der Waals surface area contributed by atoms with Gasteiger partial charge in [0.2, 0.25) is 5.95 Å². The van der Waals surface area contributed by atoms with Crippen molar-refractivity contribution in [1.82, 2.24) is 9.97 Å². The molecule has 21 heavy (non-hydrogen) atoms. The van der Waals surface area contributed by atoms with Crippen molar-refractivity contribution in [3.8, 4) is 0 Å². The highest BCUT2D eigenvalue weighted by Gasteiger charge is 2.33. The highest BCUT2D eigenvalue weighted by Crippen LogP contribution is 2.29. The molecular weight excluding hydrogens is 305 g/mol. The first kappa shape index (κ1) is 15.4. The number of alkyl halides is 3. The number of hydrogen-bond acceptors (Lipinski definition) is 4. The first-order valence-electron chi connectivity index (χ1n) is 6.04. The molecule has 0 aliphatic heterocycles. The molecule has 1 aromatic heterocycles. The van der Waals surface area contributed by atoms with E-state index in [9.17, 15) is 13.2 Å². The van der Waals surface area contributed by atoms with E-state index < -0.39 is 17.8 Å². The van der Waals surface area contributed by atoms with E-state index in [0.29, 0.717) is 18.0 Å². The molecule has 112 valence electrons. The maximum absolute atomic E-state index is 12.6. The number of rotatable bonds is 4. The van der Waals surface area contributed by atoms with Gasteiger partial charge in [0.1, 0.15) is 5.82 Å². The van der Waals surface area contributed by atoms with Crippen molar-refractivity contribution in [2.24, 2.45) is 0 Å². The number of aromatic nitrogens is 2. The van der Waals surface area contributed by atoms with Crippen LogP contribution in [0.25, 0.3) is 0 Å². The zero-order chi connectivity index (χ0) is 15.5. The molecule has 0 fully saturated rings. The summed E-state index contributed by atoms with van der Waals surface area (Å²) < 4.78 is 37.8. The lowest BCUT2D eigenvalue weighted by Gasteiger charge is -2.10. The highest BCUT2D eigenvalue weighted by atomic mass is 35.5. The summed E-state index contributed by atoms with van der Waals surface area (Å²) in [5.41, 5.74) is 5.22. The van der Waals surface area contributed by atoms with Crippen LogP contribution in [0.1, 0.15) is 11.3 Å². The van der Waals surface area contributed by atoms with Gasteiger partial charge < -0.3 is 11.1 Å². The smallest absolute Gasteiger partial charge is 0.370 e. The van der Waals surface area contributed by atoms with Crippen LogP contribution < -0.4 is 11.1 Å². The van der Waals surface area contributed by atoms with Crippen LogP contribution in [0.15, 0.2) is 30.3 Å². The quantitative estimate of drug-likeness (QED) is 0.907. The average Bonchev–Trinajstić information content (AvgIpc) is 2.39. The molecule has 2 rings (SSSR count). The van der Waals surface area contributed by atoms with Crippen molar-refractivity contribution in [3.63, 3.8) is 0 Å². The maximum Gasteiger partial charge on any atom is 0.433 e. The maximum atomic E-state index is 12.6. The number of anilines is 2. The summed E-state index contributed by atoms with van der Waals surface area (Å²) in [5, 5.41) is 3.43. The highest BCUT2D eigenvalue weighted by molar-refractivity contribution is 6.30. The molecule has 0 aliphatic rings. The fourth-order valence-corrected chi connectivity index (χ4v) is 1.81. The van der Waals surface area contributed by atoms with E-state index in [0.717, 1.165) is 11.6 Å². The normalized spacial score (nSPS) is 11.4. The molecule has 4 nitrogen and oxygen atoms in total. The van der Waals surface area contributed by atoms with Crippen LogP contribution >= 0.6 is 11.6 Å². The lowest BCUT2D eigenvalue weighted by Crippen LogP contribution is -2.14. The number of benzene rings is 1. The van der Waals surface area contributed by atoms with Crippen LogP contribution in [-0.4, -0.2) is 16.5 Å². The van der Waals surface area contributed by atoms with E-state index in [1.165, 1.54) is 0 Å². The fourth-order valence-electron chi connectivity index (χ4n) is 1.69. The van der Waals surface area contributed by atoms with Gasteiger partial charge in [0.25, 0.3) is 0 Å². The SMILES string of the molecule is Nc1nc(NCCc2ccc(Cl)cc2)cc(C(F)(F)F)n1. The van der Waals surface area contributed by atoms with E-state index >= 15 is 0 Å². The molecule has 0 saturated heterocycles. The zero-order valence-corrected chi connectivity index (χ0v) is 11.5. The molecule has 0 spiro atoms. The summed E-state index contributed by atoms with van der Waals surface area (Å²) >= 11 is 5.77. The van der Waals surface area contributed by atoms with Crippen molar-refractivity contribution >= 4 is 23.4 Å². The minimum Gasteiger partial charge on any atom is -0.370 e. The Kier molecular flexibility index (Phi) is 4.52. The Morgan fingerprint density at radius 3 is 2.43 bits per heavy atom. The second-order valence-electron chi connectivity index (χ2n) is 4.30. The van der Waals surface area contributed by atoms with Crippen LogP contribution in [0.4, 0.5) is 24.9 Å². The van der Waals surface area contributed by atoms with Crippen molar-refractivity contribution < 1.29 is 13.2 Å². The Bertz CT molecular complexity index is 614. The van der Waals surface area contributed by atoms with Crippen LogP contribution in [-0.2, 0) is 12.6 Å². The van der Waals surface area contributed by atoms with Crippen molar-refractivity contribution in [3.05, 3.63) is 46.6 Å². The third-order valence-corrected chi connectivity index (χ3v) is 2.92. The van der Waals surface area contributed by atoms with Gasteiger partial charge in [-0.1, -0.05) is 23.7 Å². The summed E-state index contributed by atoms with van der Waals surface area (Å²) in [6.07, 6.45) is -3.94. The van der Waals surface area contributed by atoms with E-state index in [1.54, 1.807) is 12.1 Å². The standard InChI is InChI=1S/C13H12ClF3N4/c14-9-3-1-8(2-4-9)5-6-19-11-7-10(13(15,16)17)20-12(18)21-11/h1-4,7H,5-6H2,(H3,18,19,20,21). The second kappa shape index (κ2) is 6.17. The van der Waals surface area contributed by atoms with Gasteiger partial charge in [-0.05, 0) is 24.1 Å². The Morgan fingerprint density at radius 2 is 1.81 bits per heavy atom. The van der Waals surface area contributed by atoms with Crippen LogP contribution in [0.3, 0.4) is 0 Å². The van der Waals surface area contributed by atoms with Gasteiger partial charge in [-0.2, -0.15) is 18.2 Å². The van der Waals surface area contributed by atoms with E-state index in [4.69, 9.17) is 17.3 Å². The molecule has 0 atom stereocenters. The van der Waals surface area contributed by atoms with Gasteiger partial charge in [-0.3, -0.25) is 0 Å². The van der Waals surface area contributed by atoms with Gasteiger partial charge in [0.15, 0.2) is 5.69 Å². The van der Waals surface area contributed by atoms with Crippen molar-refractivity contribution in [2.45, 2.75) is 12.6 Å². The van der Waals surface area contributed by atoms with Crippen LogP contribution in [0.2, 0.25) is 5.02 Å². The Labute approximate surface area is 124 Å². The summed E-state index contributed by atoms with van der Waals surface area (Å²) in [6, 6.07) is 8.03. The number of nitrogens with two attached hydrogens (primary N) is 1. The van der Waals surface area contributed by atoms with Gasteiger partial charge in [-0.25, -0.2) is 4.98 Å². The minimum atomic E-state index is -4.55. The number of hydrogen-bond donors (Lipinski definition) is 2. The monoisotopic (exact) mass is 316 g/mol. The summed E-state index contributed by atoms with van der Waals surface area (Å²) in [7, 11) is 0. The van der Waals surface area contributed by atoms with Gasteiger partial charge >= 0.3 is 6.18 Å². The lowest BCUT2D eigenvalue weighted by atomic mass is 10.1. The molecule has 0 saturated carbocycles. The Morgan fingerprint density at radius 1 is 1.14 bits per heavy atom. The van der Waals surface area contributed by atoms with Crippen LogP contribution in [0.5, 0.6) is 0 Å². The first-order chi connectivity index (χ1) is 9.84. The molecule has 1 aromatic carbocycles. The largest absolute Gasteiger partial charge is 0.433 e. The third kappa shape index (κ3) is 4.49. The Balaban J connectivity index is 2.00. The van der Waals surface area contributed by atoms with E-state index in [1.807, 2.05) is 12.1 Å². The molecule has 1 heterocycles. The number of halogens is 4. The molecule has 3 N–H and O–H groups in total. The number of nitrogen functional groups attached to an aromatic ring is 1. The molecule has 2 aromatic rings. The molecule has 0 unspecified atom stereocenters. The predicted molar refractivity (Wildman–Crippen MR) is 75.1 cm³/mol. The molecule has 0 radical (unpaired) electrons. The van der Waals surface area contributed by atoms with Crippen molar-refractivity contribution in [2.75, 3.05) is 17.6 Å². The lowest BCUT2D eigenvalue weighted by molar-refractivity contribution is -0.141. The average molecular weight is 317 g/mol. The molecule has 0 bridgehead atoms. The van der Waals surface area contributed by atoms with E-state index in [2.05, 4.69) is 15.3 Å². The second-order valence-corrected chi connectivity index (χ2v) is 4.73. The zero-order valence-electron chi connectivity index (χ0n) is 10.8. The van der Waals surface area contributed by atoms with Crippen LogP contribution in [0, 0.1) is 0 Å². The third-order valence-electron chi connectivity index (χ3n) is 2.67. The number of nitrogens with one attached hydrogen (secondary N) is 1. The van der Waals surface area contributed by atoms with Gasteiger partial charge in [-0.15, -0.1) is 0 Å². The Hall–Kier alpha value is -2.02. The minimum absolute atomic E-state index is 0.0452. The first-order valence-corrected chi connectivity index (χ1v) is 6.42. The molecule has 8 heteroatoms. The molecular formula is C13H12ClF3N4. The van der Waals surface area contributed by atoms with Gasteiger partial charge in [0, 0.05) is 17.6 Å². The summed E-state index contributed by atoms with van der Waals surface area (Å²) in [5.74, 6) is -0.373. The predicted octanol–water partition coefficient (Wildman–Crippen LogP) is 3.39. The summed E-state index contributed by atoms with van der Waals surface area (Å²) in [6.45, 7) is 0.412. The fraction of sp³-hybridized carbons (Fsp3) is 0.231. The molecule has 0 aliphatic carbocycles. The topological polar surface area (TPSA) is 63.8 Å². The van der Waals surface area contributed by atoms with Crippen molar-refractivity contribution in [1.29, 1.82) is 0 Å². The number of nitrogens with zero attached hydrogens (tertiary/aromatic N) is 2.